The number of esters is 1. The normalized spacial score (nSPS) is 11.2. The number of ether oxygens (including phenoxy) is 2. The third-order valence-electron chi connectivity index (χ3n) is 4.27. The van der Waals surface area contributed by atoms with Crippen LogP contribution in [0, 0.1) is 0 Å². The van der Waals surface area contributed by atoms with Crippen molar-refractivity contribution in [3.8, 4) is 11.5 Å². The molecule has 6 nitrogen and oxygen atoms in total. The highest BCUT2D eigenvalue weighted by atomic mass is 32.2. The van der Waals surface area contributed by atoms with Crippen LogP contribution in [0.5, 0.6) is 11.5 Å². The molecule has 0 aliphatic rings. The average Bonchev–Trinajstić information content (AvgIpc) is 3.16. The van der Waals surface area contributed by atoms with Gasteiger partial charge in [-0.05, 0) is 42.5 Å². The van der Waals surface area contributed by atoms with Crippen molar-refractivity contribution in [3.63, 3.8) is 0 Å². The Morgan fingerprint density at radius 1 is 0.867 bits per heavy atom. The summed E-state index contributed by atoms with van der Waals surface area (Å²) in [6.45, 7) is 0. The van der Waals surface area contributed by atoms with Crippen LogP contribution in [-0.2, 0) is 14.8 Å². The molecule has 8 heteroatoms. The van der Waals surface area contributed by atoms with Crippen LogP contribution in [0.2, 0.25) is 0 Å². The molecule has 152 valence electrons. The van der Waals surface area contributed by atoms with Crippen LogP contribution in [0.3, 0.4) is 0 Å². The summed E-state index contributed by atoms with van der Waals surface area (Å²) in [6.07, 6.45) is 0. The summed E-state index contributed by atoms with van der Waals surface area (Å²) in [6, 6.07) is 22.7. The number of fused-ring (bicyclic) bond motifs is 1. The topological polar surface area (TPSA) is 81.7 Å². The van der Waals surface area contributed by atoms with Crippen LogP contribution in [0.15, 0.2) is 83.8 Å². The van der Waals surface area contributed by atoms with Gasteiger partial charge < -0.3 is 9.47 Å². The second kappa shape index (κ2) is 8.17. The molecule has 0 radical (unpaired) electrons. The lowest BCUT2D eigenvalue weighted by Crippen LogP contribution is -2.16. The minimum Gasteiger partial charge on any atom is -0.465 e. The lowest BCUT2D eigenvalue weighted by atomic mass is 10.2. The Bertz CT molecular complexity index is 1300. The Balaban J connectivity index is 1.64. The maximum Gasteiger partial charge on any atom is 0.349 e. The fourth-order valence-corrected chi connectivity index (χ4v) is 5.82. The third kappa shape index (κ3) is 4.00. The molecule has 0 amide bonds. The number of hydrogen-bond acceptors (Lipinski definition) is 6. The standard InChI is InChI=1S/C22H17NO5S2/c1-27-22(24)20-21(18-9-5-6-10-19(18)29-20)30(25,26)23-15-11-13-17(14-12-15)28-16-7-3-2-4-8-16/h2-14,23H,1H3. The molecular weight excluding hydrogens is 422 g/mol. The molecule has 0 fully saturated rings. The minimum absolute atomic E-state index is 0.0373. The number of thiophene rings is 1. The smallest absolute Gasteiger partial charge is 0.349 e. The van der Waals surface area contributed by atoms with Gasteiger partial charge in [-0.1, -0.05) is 36.4 Å². The molecule has 0 saturated carbocycles. The van der Waals surface area contributed by atoms with Gasteiger partial charge in [0.05, 0.1) is 7.11 Å². The predicted octanol–water partition coefficient (Wildman–Crippen LogP) is 5.28. The molecule has 4 aromatic rings. The fourth-order valence-electron chi connectivity index (χ4n) is 2.94. The SMILES string of the molecule is COC(=O)c1sc2ccccc2c1S(=O)(=O)Nc1ccc(Oc2ccccc2)cc1. The largest absolute Gasteiger partial charge is 0.465 e. The van der Waals surface area contributed by atoms with Gasteiger partial charge in [-0.3, -0.25) is 4.72 Å². The number of hydrogen-bond donors (Lipinski definition) is 1. The van der Waals surface area contributed by atoms with Crippen molar-refractivity contribution in [2.45, 2.75) is 4.90 Å². The van der Waals surface area contributed by atoms with E-state index in [0.717, 1.165) is 11.3 Å². The summed E-state index contributed by atoms with van der Waals surface area (Å²) in [4.78, 5) is 12.2. The second-order valence-corrected chi connectivity index (χ2v) is 8.96. The molecule has 0 atom stereocenters. The van der Waals surface area contributed by atoms with Crippen molar-refractivity contribution in [2.75, 3.05) is 11.8 Å². The first kappa shape index (κ1) is 19.9. The summed E-state index contributed by atoms with van der Waals surface area (Å²) in [5.74, 6) is 0.557. The number of rotatable bonds is 6. The van der Waals surface area contributed by atoms with Crippen LogP contribution in [0.25, 0.3) is 10.1 Å². The van der Waals surface area contributed by atoms with Crippen LogP contribution in [0.1, 0.15) is 9.67 Å². The number of benzene rings is 3. The van der Waals surface area contributed by atoms with Crippen molar-refractivity contribution >= 4 is 43.1 Å². The molecule has 30 heavy (non-hydrogen) atoms. The predicted molar refractivity (Wildman–Crippen MR) is 117 cm³/mol. The molecular formula is C22H17NO5S2. The van der Waals surface area contributed by atoms with Gasteiger partial charge in [-0.15, -0.1) is 11.3 Å². The van der Waals surface area contributed by atoms with Crippen molar-refractivity contribution < 1.29 is 22.7 Å². The van der Waals surface area contributed by atoms with E-state index in [-0.39, 0.29) is 9.77 Å². The first-order valence-corrected chi connectivity index (χ1v) is 11.2. The van der Waals surface area contributed by atoms with Gasteiger partial charge in [-0.25, -0.2) is 13.2 Å². The van der Waals surface area contributed by atoms with E-state index in [1.165, 1.54) is 7.11 Å². The highest BCUT2D eigenvalue weighted by molar-refractivity contribution is 7.93. The van der Waals surface area contributed by atoms with Gasteiger partial charge in [-0.2, -0.15) is 0 Å². The van der Waals surface area contributed by atoms with E-state index in [4.69, 9.17) is 9.47 Å². The summed E-state index contributed by atoms with van der Waals surface area (Å²) < 4.78 is 40.0. The summed E-state index contributed by atoms with van der Waals surface area (Å²) in [7, 11) is -2.81. The van der Waals surface area contributed by atoms with E-state index < -0.39 is 16.0 Å². The molecule has 1 N–H and O–H groups in total. The highest BCUT2D eigenvalue weighted by Gasteiger charge is 2.29. The Kier molecular flexibility index (Phi) is 5.43. The summed E-state index contributed by atoms with van der Waals surface area (Å²) in [5, 5.41) is 0.472. The third-order valence-corrected chi connectivity index (χ3v) is 7.02. The Morgan fingerprint density at radius 3 is 2.20 bits per heavy atom. The number of para-hydroxylation sites is 1. The van der Waals surface area contributed by atoms with Crippen molar-refractivity contribution in [2.24, 2.45) is 0 Å². The van der Waals surface area contributed by atoms with E-state index in [1.54, 1.807) is 48.5 Å². The summed E-state index contributed by atoms with van der Waals surface area (Å²) >= 11 is 1.08. The first-order valence-electron chi connectivity index (χ1n) is 8.93. The number of anilines is 1. The zero-order valence-electron chi connectivity index (χ0n) is 15.9. The molecule has 0 saturated heterocycles. The quantitative estimate of drug-likeness (QED) is 0.413. The Morgan fingerprint density at radius 2 is 1.50 bits per heavy atom. The van der Waals surface area contributed by atoms with Gasteiger partial charge >= 0.3 is 5.97 Å². The van der Waals surface area contributed by atoms with Gasteiger partial charge in [0.15, 0.2) is 0 Å². The number of nitrogens with one attached hydrogen (secondary N) is 1. The second-order valence-electron chi connectivity index (χ2n) is 6.29. The van der Waals surface area contributed by atoms with Crippen molar-refractivity contribution in [1.29, 1.82) is 0 Å². The number of methoxy groups -OCH3 is 1. The van der Waals surface area contributed by atoms with E-state index in [0.29, 0.717) is 27.3 Å². The first-order chi connectivity index (χ1) is 14.5. The molecule has 4 rings (SSSR count). The Labute approximate surface area is 177 Å². The van der Waals surface area contributed by atoms with Gasteiger partial charge in [0.25, 0.3) is 10.0 Å². The number of sulfonamides is 1. The Hall–Kier alpha value is -3.36. The number of carbonyl (C=O) groups excluding carboxylic acids is 1. The molecule has 0 aliphatic heterocycles. The van der Waals surface area contributed by atoms with Crippen LogP contribution >= 0.6 is 11.3 Å². The summed E-state index contributed by atoms with van der Waals surface area (Å²) in [5.41, 5.74) is 0.349. The molecule has 0 unspecified atom stereocenters. The van der Waals surface area contributed by atoms with Gasteiger partial charge in [0.2, 0.25) is 0 Å². The minimum atomic E-state index is -4.04. The fraction of sp³-hybridized carbons (Fsp3) is 0.0455. The van der Waals surface area contributed by atoms with Crippen molar-refractivity contribution in [3.05, 3.63) is 83.7 Å². The van der Waals surface area contributed by atoms with Crippen molar-refractivity contribution in [1.82, 2.24) is 0 Å². The van der Waals surface area contributed by atoms with E-state index in [9.17, 15) is 13.2 Å². The highest BCUT2D eigenvalue weighted by Crippen LogP contribution is 2.36. The molecule has 3 aromatic carbocycles. The molecule has 0 bridgehead atoms. The van der Waals surface area contributed by atoms with E-state index >= 15 is 0 Å². The van der Waals surface area contributed by atoms with E-state index in [1.807, 2.05) is 30.3 Å². The molecule has 0 aliphatic carbocycles. The van der Waals surface area contributed by atoms with Gasteiger partial charge in [0, 0.05) is 15.8 Å². The average molecular weight is 440 g/mol. The molecule has 1 heterocycles. The maximum atomic E-state index is 13.2. The monoisotopic (exact) mass is 439 g/mol. The van der Waals surface area contributed by atoms with Gasteiger partial charge in [0.1, 0.15) is 21.3 Å². The zero-order chi connectivity index (χ0) is 21.1. The molecule has 0 spiro atoms. The zero-order valence-corrected chi connectivity index (χ0v) is 17.5. The lowest BCUT2D eigenvalue weighted by molar-refractivity contribution is 0.0602. The number of carbonyl (C=O) groups is 1. The lowest BCUT2D eigenvalue weighted by Gasteiger charge is -2.10. The van der Waals surface area contributed by atoms with Crippen LogP contribution < -0.4 is 9.46 Å². The molecule has 1 aromatic heterocycles. The maximum absolute atomic E-state index is 13.2. The van der Waals surface area contributed by atoms with Crippen LogP contribution in [0.4, 0.5) is 5.69 Å². The van der Waals surface area contributed by atoms with Crippen LogP contribution in [-0.4, -0.2) is 21.5 Å². The van der Waals surface area contributed by atoms with E-state index in [2.05, 4.69) is 4.72 Å².